The Morgan fingerprint density at radius 3 is 2.49 bits per heavy atom. The monoisotopic (exact) mass is 500 g/mol. The summed E-state index contributed by atoms with van der Waals surface area (Å²) in [6.07, 6.45) is 15.7. The number of amides is 1. The molecule has 1 aromatic rings. The highest BCUT2D eigenvalue weighted by Crippen LogP contribution is 2.46. The SMILES string of the molecule is C=C1CCC(C2=CC(N(C(=O)C(CC)CCC)C3CCC(n4cncn4)CC3)C(C(=O)O)S2)CC1. The number of rotatable bonds is 9. The number of hydrogen-bond donors (Lipinski definition) is 1. The van der Waals surface area contributed by atoms with Gasteiger partial charge in [-0.05, 0) is 75.0 Å². The van der Waals surface area contributed by atoms with Gasteiger partial charge >= 0.3 is 5.97 Å². The van der Waals surface area contributed by atoms with E-state index in [-0.39, 0.29) is 30.0 Å². The number of thioether (sulfide) groups is 1. The van der Waals surface area contributed by atoms with Crippen molar-refractivity contribution in [3.63, 3.8) is 0 Å². The molecule has 8 heteroatoms. The maximum absolute atomic E-state index is 14.0. The average Bonchev–Trinajstić information content (AvgIpc) is 3.55. The first-order valence-corrected chi connectivity index (χ1v) is 14.2. The largest absolute Gasteiger partial charge is 0.480 e. The molecule has 0 aromatic carbocycles. The van der Waals surface area contributed by atoms with Crippen molar-refractivity contribution in [2.75, 3.05) is 0 Å². The third kappa shape index (κ3) is 5.84. The van der Waals surface area contributed by atoms with E-state index >= 15 is 0 Å². The molecule has 1 N–H and O–H groups in total. The second-order valence-electron chi connectivity index (χ2n) is 10.4. The third-order valence-electron chi connectivity index (χ3n) is 8.17. The summed E-state index contributed by atoms with van der Waals surface area (Å²) in [6, 6.07) is -0.0377. The van der Waals surface area contributed by atoms with Crippen LogP contribution in [0.15, 0.2) is 35.8 Å². The van der Waals surface area contributed by atoms with Crippen LogP contribution in [-0.2, 0) is 9.59 Å². The van der Waals surface area contributed by atoms with E-state index in [1.54, 1.807) is 12.7 Å². The smallest absolute Gasteiger partial charge is 0.319 e. The van der Waals surface area contributed by atoms with Crippen molar-refractivity contribution in [2.45, 2.75) is 108 Å². The van der Waals surface area contributed by atoms with Crippen LogP contribution in [0.1, 0.15) is 90.5 Å². The zero-order valence-electron chi connectivity index (χ0n) is 21.1. The van der Waals surface area contributed by atoms with Gasteiger partial charge in [-0.3, -0.25) is 9.59 Å². The predicted octanol–water partition coefficient (Wildman–Crippen LogP) is 5.62. The number of allylic oxidation sites excluding steroid dienone is 2. The second-order valence-corrected chi connectivity index (χ2v) is 11.7. The molecule has 3 unspecified atom stereocenters. The van der Waals surface area contributed by atoms with E-state index in [9.17, 15) is 14.7 Å². The first-order valence-electron chi connectivity index (χ1n) is 13.4. The van der Waals surface area contributed by atoms with Gasteiger partial charge in [0.2, 0.25) is 5.91 Å². The van der Waals surface area contributed by atoms with Gasteiger partial charge in [-0.2, -0.15) is 5.10 Å². The molecule has 192 valence electrons. The standard InChI is InChI=1S/C27H40N4O3S/c1-4-6-19(5-2)26(32)31(22-13-11-21(12-14-22)30-17-28-16-29-30)23-15-24(35-25(23)27(33)34)20-9-7-18(3)8-10-20/h15-17,19-23,25H,3-14H2,1-2H3,(H,33,34). The van der Waals surface area contributed by atoms with Crippen molar-refractivity contribution in [3.05, 3.63) is 35.8 Å². The summed E-state index contributed by atoms with van der Waals surface area (Å²) in [7, 11) is 0. The van der Waals surface area contributed by atoms with E-state index in [1.165, 1.54) is 22.2 Å². The highest BCUT2D eigenvalue weighted by atomic mass is 32.2. The van der Waals surface area contributed by atoms with Crippen LogP contribution >= 0.6 is 11.8 Å². The maximum Gasteiger partial charge on any atom is 0.319 e. The van der Waals surface area contributed by atoms with E-state index in [1.807, 2.05) is 9.58 Å². The van der Waals surface area contributed by atoms with E-state index < -0.39 is 11.2 Å². The van der Waals surface area contributed by atoms with E-state index in [2.05, 4.69) is 36.6 Å². The first kappa shape index (κ1) is 26.0. The molecular weight excluding hydrogens is 460 g/mol. The third-order valence-corrected chi connectivity index (χ3v) is 9.65. The molecule has 1 aromatic heterocycles. The average molecular weight is 501 g/mol. The van der Waals surface area contributed by atoms with Crippen LogP contribution in [-0.4, -0.2) is 54.0 Å². The Morgan fingerprint density at radius 1 is 1.20 bits per heavy atom. The molecule has 2 heterocycles. The second kappa shape index (κ2) is 11.8. The molecule has 1 aliphatic heterocycles. The van der Waals surface area contributed by atoms with Crippen LogP contribution in [0.4, 0.5) is 0 Å². The van der Waals surface area contributed by atoms with Gasteiger partial charge in [-0.15, -0.1) is 11.8 Å². The molecule has 0 bridgehead atoms. The molecule has 2 fully saturated rings. The van der Waals surface area contributed by atoms with Crippen molar-refractivity contribution >= 4 is 23.6 Å². The van der Waals surface area contributed by atoms with Crippen LogP contribution in [0, 0.1) is 11.8 Å². The van der Waals surface area contributed by atoms with Crippen molar-refractivity contribution in [2.24, 2.45) is 11.8 Å². The lowest BCUT2D eigenvalue weighted by Crippen LogP contribution is -2.54. The summed E-state index contributed by atoms with van der Waals surface area (Å²) in [5, 5.41) is 13.9. The Balaban J connectivity index is 1.60. The molecule has 0 spiro atoms. The topological polar surface area (TPSA) is 88.3 Å². The van der Waals surface area contributed by atoms with Gasteiger partial charge in [0.1, 0.15) is 17.9 Å². The minimum Gasteiger partial charge on any atom is -0.480 e. The fourth-order valence-corrected chi connectivity index (χ4v) is 7.50. The van der Waals surface area contributed by atoms with Crippen LogP contribution in [0.3, 0.4) is 0 Å². The zero-order chi connectivity index (χ0) is 24.9. The van der Waals surface area contributed by atoms with Crippen LogP contribution in [0.25, 0.3) is 0 Å². The van der Waals surface area contributed by atoms with E-state index in [0.717, 1.165) is 70.6 Å². The van der Waals surface area contributed by atoms with Gasteiger partial charge in [0, 0.05) is 12.0 Å². The van der Waals surface area contributed by atoms with Crippen molar-refractivity contribution in [1.82, 2.24) is 19.7 Å². The Hall–Kier alpha value is -2.09. The molecule has 2 saturated carbocycles. The van der Waals surface area contributed by atoms with Gasteiger partial charge in [-0.1, -0.05) is 38.5 Å². The van der Waals surface area contributed by atoms with Crippen molar-refractivity contribution in [1.29, 1.82) is 0 Å². The number of carbonyl (C=O) groups excluding carboxylic acids is 1. The van der Waals surface area contributed by atoms with Gasteiger partial charge in [-0.25, -0.2) is 9.67 Å². The molecule has 4 rings (SSSR count). The molecule has 0 radical (unpaired) electrons. The lowest BCUT2D eigenvalue weighted by atomic mass is 9.85. The molecule has 3 atom stereocenters. The van der Waals surface area contributed by atoms with E-state index in [0.29, 0.717) is 5.92 Å². The Labute approximate surface area is 213 Å². The summed E-state index contributed by atoms with van der Waals surface area (Å²) in [5.74, 6) is -0.341. The van der Waals surface area contributed by atoms with E-state index in [4.69, 9.17) is 0 Å². The van der Waals surface area contributed by atoms with Gasteiger partial charge in [0.05, 0.1) is 12.1 Å². The molecule has 1 amide bonds. The van der Waals surface area contributed by atoms with Crippen molar-refractivity contribution < 1.29 is 14.7 Å². The highest BCUT2D eigenvalue weighted by Gasteiger charge is 2.45. The molecular formula is C27H40N4O3S. The Kier molecular flexibility index (Phi) is 8.73. The Morgan fingerprint density at radius 2 is 1.91 bits per heavy atom. The molecule has 35 heavy (non-hydrogen) atoms. The number of hydrogen-bond acceptors (Lipinski definition) is 5. The lowest BCUT2D eigenvalue weighted by Gasteiger charge is -2.42. The number of carboxylic acids is 1. The summed E-state index contributed by atoms with van der Waals surface area (Å²) in [4.78, 5) is 33.7. The lowest BCUT2D eigenvalue weighted by molar-refractivity contribution is -0.143. The predicted molar refractivity (Wildman–Crippen MR) is 139 cm³/mol. The summed E-state index contributed by atoms with van der Waals surface area (Å²) in [5.41, 5.74) is 1.29. The number of aromatic nitrogens is 3. The molecule has 2 aliphatic carbocycles. The fraction of sp³-hybridized carbons (Fsp3) is 0.704. The molecule has 0 saturated heterocycles. The van der Waals surface area contributed by atoms with Gasteiger partial charge in [0.25, 0.3) is 0 Å². The minimum absolute atomic E-state index is 0.0528. The first-order chi connectivity index (χ1) is 16.9. The summed E-state index contributed by atoms with van der Waals surface area (Å²) < 4.78 is 1.93. The minimum atomic E-state index is -0.816. The molecule has 7 nitrogen and oxygen atoms in total. The summed E-state index contributed by atoms with van der Waals surface area (Å²) in [6.45, 7) is 8.32. The fourth-order valence-electron chi connectivity index (χ4n) is 6.12. The summed E-state index contributed by atoms with van der Waals surface area (Å²) >= 11 is 1.49. The van der Waals surface area contributed by atoms with Crippen molar-refractivity contribution in [3.8, 4) is 0 Å². The number of carboxylic acid groups (broad SMARTS) is 1. The van der Waals surface area contributed by atoms with Crippen LogP contribution < -0.4 is 0 Å². The zero-order valence-corrected chi connectivity index (χ0v) is 22.0. The quantitative estimate of drug-likeness (QED) is 0.443. The Bertz CT molecular complexity index is 913. The van der Waals surface area contributed by atoms with Gasteiger partial charge < -0.3 is 10.0 Å². The normalized spacial score (nSPS) is 28.5. The van der Waals surface area contributed by atoms with Gasteiger partial charge in [0.15, 0.2) is 0 Å². The van der Waals surface area contributed by atoms with Crippen LogP contribution in [0.2, 0.25) is 0 Å². The van der Waals surface area contributed by atoms with Crippen LogP contribution in [0.5, 0.6) is 0 Å². The number of carbonyl (C=O) groups is 2. The maximum atomic E-state index is 14.0. The number of aliphatic carboxylic acids is 1. The number of nitrogens with zero attached hydrogens (tertiary/aromatic N) is 4. The highest BCUT2D eigenvalue weighted by molar-refractivity contribution is 8.04. The molecule has 3 aliphatic rings.